The molecule has 0 radical (unpaired) electrons. The molecule has 2 rings (SSSR count). The van der Waals surface area contributed by atoms with E-state index in [0.717, 1.165) is 6.07 Å². The van der Waals surface area contributed by atoms with Gasteiger partial charge in [-0.15, -0.1) is 0 Å². The fraction of sp³-hybridized carbons (Fsp3) is 0.0833. The minimum atomic E-state index is -1.33. The molecule has 1 unspecified atom stereocenters. The largest absolute Gasteiger partial charge is 0.383 e. The van der Waals surface area contributed by atoms with Gasteiger partial charge in [-0.05, 0) is 12.1 Å². The van der Waals surface area contributed by atoms with Crippen LogP contribution in [0.25, 0.3) is 0 Å². The normalized spacial score (nSPS) is 12.4. The summed E-state index contributed by atoms with van der Waals surface area (Å²) in [5.74, 6) is -2.00. The van der Waals surface area contributed by atoms with Gasteiger partial charge in [0.05, 0.1) is 0 Å². The van der Waals surface area contributed by atoms with E-state index in [2.05, 4.69) is 4.98 Å². The maximum atomic E-state index is 13.5. The number of aliphatic hydroxyl groups is 1. The highest BCUT2D eigenvalue weighted by Gasteiger charge is 2.19. The van der Waals surface area contributed by atoms with Gasteiger partial charge in [-0.3, -0.25) is 0 Å². The van der Waals surface area contributed by atoms with Crippen molar-refractivity contribution >= 4 is 5.82 Å². The van der Waals surface area contributed by atoms with Crippen molar-refractivity contribution in [3.05, 3.63) is 59.3 Å². The van der Waals surface area contributed by atoms with E-state index in [-0.39, 0.29) is 16.9 Å². The Hall–Kier alpha value is -2.01. The molecule has 0 bridgehead atoms. The second kappa shape index (κ2) is 4.47. The molecule has 0 spiro atoms. The molecule has 0 aliphatic heterocycles. The zero-order valence-corrected chi connectivity index (χ0v) is 8.77. The molecular formula is C12H10F2N2O. The molecular weight excluding hydrogens is 226 g/mol. The number of aromatic nitrogens is 1. The van der Waals surface area contributed by atoms with Gasteiger partial charge in [-0.2, -0.15) is 0 Å². The van der Waals surface area contributed by atoms with Crippen LogP contribution in [0, 0.1) is 11.6 Å². The molecule has 3 N–H and O–H groups in total. The number of nitrogens with zero attached hydrogens (tertiary/aromatic N) is 1. The van der Waals surface area contributed by atoms with Crippen LogP contribution in [0.4, 0.5) is 14.6 Å². The average Bonchev–Trinajstić information content (AvgIpc) is 2.32. The number of hydrogen-bond donors (Lipinski definition) is 2. The summed E-state index contributed by atoms with van der Waals surface area (Å²) in [4.78, 5) is 3.78. The standard InChI is InChI=1S/C12H10F2N2O/c13-9-5-1-3-7(10(9)14)11(17)8-4-2-6-16-12(8)15/h1-6,11,17H,(H2,15,16). The van der Waals surface area contributed by atoms with Gasteiger partial charge in [0.15, 0.2) is 11.6 Å². The van der Waals surface area contributed by atoms with Crippen molar-refractivity contribution in [2.75, 3.05) is 5.73 Å². The van der Waals surface area contributed by atoms with Crippen LogP contribution in [0.1, 0.15) is 17.2 Å². The van der Waals surface area contributed by atoms with Crippen LogP contribution in [0.2, 0.25) is 0 Å². The van der Waals surface area contributed by atoms with Crippen molar-refractivity contribution in [3.8, 4) is 0 Å². The Morgan fingerprint density at radius 3 is 2.53 bits per heavy atom. The lowest BCUT2D eigenvalue weighted by atomic mass is 10.0. The highest BCUT2D eigenvalue weighted by molar-refractivity contribution is 5.44. The van der Waals surface area contributed by atoms with E-state index in [0.29, 0.717) is 0 Å². The van der Waals surface area contributed by atoms with Crippen LogP contribution in [0.5, 0.6) is 0 Å². The molecule has 0 aliphatic rings. The smallest absolute Gasteiger partial charge is 0.164 e. The molecule has 0 fully saturated rings. The molecule has 1 aromatic heterocycles. The van der Waals surface area contributed by atoms with E-state index in [4.69, 9.17) is 5.73 Å². The minimum absolute atomic E-state index is 0.0867. The number of nitrogens with two attached hydrogens (primary N) is 1. The molecule has 0 saturated heterocycles. The second-order valence-corrected chi connectivity index (χ2v) is 3.52. The lowest BCUT2D eigenvalue weighted by Gasteiger charge is -2.13. The lowest BCUT2D eigenvalue weighted by molar-refractivity contribution is 0.213. The first kappa shape index (κ1) is 11.5. The van der Waals surface area contributed by atoms with Crippen molar-refractivity contribution in [1.29, 1.82) is 0 Å². The van der Waals surface area contributed by atoms with E-state index in [1.165, 1.54) is 24.4 Å². The molecule has 3 nitrogen and oxygen atoms in total. The SMILES string of the molecule is Nc1ncccc1C(O)c1cccc(F)c1F. The Morgan fingerprint density at radius 1 is 1.12 bits per heavy atom. The summed E-state index contributed by atoms with van der Waals surface area (Å²) >= 11 is 0. The third-order valence-corrected chi connectivity index (χ3v) is 2.44. The topological polar surface area (TPSA) is 59.1 Å². The first-order chi connectivity index (χ1) is 8.11. The zero-order chi connectivity index (χ0) is 12.4. The molecule has 0 saturated carbocycles. The predicted molar refractivity (Wildman–Crippen MR) is 59.1 cm³/mol. The highest BCUT2D eigenvalue weighted by Crippen LogP contribution is 2.27. The Balaban J connectivity index is 2.48. The number of rotatable bonds is 2. The van der Waals surface area contributed by atoms with Gasteiger partial charge in [0.2, 0.25) is 0 Å². The van der Waals surface area contributed by atoms with Crippen LogP contribution in [0.3, 0.4) is 0 Å². The summed E-state index contributed by atoms with van der Waals surface area (Å²) in [6.07, 6.45) is 0.118. The Morgan fingerprint density at radius 2 is 1.82 bits per heavy atom. The minimum Gasteiger partial charge on any atom is -0.383 e. The molecule has 2 aromatic rings. The third-order valence-electron chi connectivity index (χ3n) is 2.44. The van der Waals surface area contributed by atoms with Gasteiger partial charge in [0.1, 0.15) is 11.9 Å². The summed E-state index contributed by atoms with van der Waals surface area (Å²) in [7, 11) is 0. The van der Waals surface area contributed by atoms with E-state index in [1.807, 2.05) is 0 Å². The van der Waals surface area contributed by atoms with Gasteiger partial charge >= 0.3 is 0 Å². The van der Waals surface area contributed by atoms with Crippen molar-refractivity contribution in [1.82, 2.24) is 4.98 Å². The second-order valence-electron chi connectivity index (χ2n) is 3.52. The monoisotopic (exact) mass is 236 g/mol. The molecule has 1 aromatic carbocycles. The first-order valence-electron chi connectivity index (χ1n) is 4.93. The molecule has 0 aliphatic carbocycles. The number of nitrogen functional groups attached to an aromatic ring is 1. The van der Waals surface area contributed by atoms with Gasteiger partial charge in [-0.25, -0.2) is 13.8 Å². The molecule has 88 valence electrons. The van der Waals surface area contributed by atoms with Gasteiger partial charge in [0.25, 0.3) is 0 Å². The highest BCUT2D eigenvalue weighted by atomic mass is 19.2. The maximum Gasteiger partial charge on any atom is 0.164 e. The number of hydrogen-bond acceptors (Lipinski definition) is 3. The molecule has 5 heteroatoms. The predicted octanol–water partition coefficient (Wildman–Crippen LogP) is 2.02. The van der Waals surface area contributed by atoms with Crippen LogP contribution in [-0.2, 0) is 0 Å². The van der Waals surface area contributed by atoms with E-state index in [9.17, 15) is 13.9 Å². The van der Waals surface area contributed by atoms with E-state index >= 15 is 0 Å². The maximum absolute atomic E-state index is 13.5. The third kappa shape index (κ3) is 2.09. The van der Waals surface area contributed by atoms with E-state index < -0.39 is 17.7 Å². The number of pyridine rings is 1. The Bertz CT molecular complexity index is 546. The van der Waals surface area contributed by atoms with Crippen molar-refractivity contribution in [3.63, 3.8) is 0 Å². The molecule has 0 amide bonds. The summed E-state index contributed by atoms with van der Waals surface area (Å²) in [5, 5.41) is 9.95. The number of aliphatic hydroxyl groups excluding tert-OH is 1. The summed E-state index contributed by atoms with van der Waals surface area (Å²) < 4.78 is 26.5. The van der Waals surface area contributed by atoms with Crippen molar-refractivity contribution in [2.24, 2.45) is 0 Å². The Kier molecular flexibility index (Phi) is 3.01. The number of anilines is 1. The van der Waals surface area contributed by atoms with E-state index in [1.54, 1.807) is 6.07 Å². The summed E-state index contributed by atoms with van der Waals surface area (Å²) in [6.45, 7) is 0. The van der Waals surface area contributed by atoms with Gasteiger partial charge in [-0.1, -0.05) is 18.2 Å². The van der Waals surface area contributed by atoms with Crippen LogP contribution in [-0.4, -0.2) is 10.1 Å². The summed E-state index contributed by atoms with van der Waals surface area (Å²) in [6, 6.07) is 6.68. The zero-order valence-electron chi connectivity index (χ0n) is 8.77. The van der Waals surface area contributed by atoms with Gasteiger partial charge < -0.3 is 10.8 Å². The number of halogens is 2. The van der Waals surface area contributed by atoms with Crippen LogP contribution in [0.15, 0.2) is 36.5 Å². The fourth-order valence-corrected chi connectivity index (χ4v) is 1.56. The van der Waals surface area contributed by atoms with Crippen LogP contribution < -0.4 is 5.73 Å². The quantitative estimate of drug-likeness (QED) is 0.838. The molecule has 17 heavy (non-hydrogen) atoms. The van der Waals surface area contributed by atoms with Gasteiger partial charge in [0, 0.05) is 17.3 Å². The van der Waals surface area contributed by atoms with Crippen molar-refractivity contribution < 1.29 is 13.9 Å². The number of benzene rings is 1. The lowest BCUT2D eigenvalue weighted by Crippen LogP contribution is -2.07. The fourth-order valence-electron chi connectivity index (χ4n) is 1.56. The molecule has 1 atom stereocenters. The summed E-state index contributed by atoms with van der Waals surface area (Å²) in [5.41, 5.74) is 5.64. The molecule has 1 heterocycles. The first-order valence-corrected chi connectivity index (χ1v) is 4.93. The van der Waals surface area contributed by atoms with Crippen molar-refractivity contribution in [2.45, 2.75) is 6.10 Å². The average molecular weight is 236 g/mol. The van der Waals surface area contributed by atoms with Crippen LogP contribution >= 0.6 is 0 Å². The Labute approximate surface area is 96.5 Å².